The zero-order chi connectivity index (χ0) is 49.7. The Morgan fingerprint density at radius 1 is 0.288 bits per heavy atom. The van der Waals surface area contributed by atoms with Crippen molar-refractivity contribution in [3.05, 3.63) is 251 Å². The lowest BCUT2D eigenvalue weighted by Gasteiger charge is -2.50. The smallest absolute Gasteiger partial charge is 0.187 e. The minimum absolute atomic E-state index is 0.150. The fourth-order valence-corrected chi connectivity index (χ4v) is 9.15. The quantitative estimate of drug-likeness (QED) is 0.0518. The topological polar surface area (TPSA) is 102 Å². The third-order valence-electron chi connectivity index (χ3n) is 12.9. The molecule has 2 fully saturated rings. The second-order valence-corrected chi connectivity index (χ2v) is 18.2. The maximum atomic E-state index is 7.40. The first kappa shape index (κ1) is 52.0. The van der Waals surface area contributed by atoms with Crippen LogP contribution in [0.4, 0.5) is 0 Å². The summed E-state index contributed by atoms with van der Waals surface area (Å²) in [6.07, 6.45) is -8.11. The standard InChI is InChI=1S/C62H66O11/c1-63-61-60(58(69-42-51-33-19-7-20-34-51)56(67-40-49-29-15-5-16-30-49)53(71-61)44-64-37-46-23-9-2-10-24-46)73-62-59(70-43-52-35-21-8-22-36-52)57(68-41-50-31-17-6-18-32-50)55(66-39-48-27-13-4-14-28-48)54(72-62)45-65-38-47-25-11-3-12-26-47/h2-36,53-62H,37-45H2,1H3/t53?,54?,55-,56-,57?,58?,59?,60?,61+,62+/m1/s1. The number of methoxy groups -OCH3 is 1. The summed E-state index contributed by atoms with van der Waals surface area (Å²) in [5, 5.41) is 0. The molecule has 7 aromatic carbocycles. The summed E-state index contributed by atoms with van der Waals surface area (Å²) in [7, 11) is 1.60. The average molecular weight is 987 g/mol. The molecular weight excluding hydrogens is 921 g/mol. The normalized spacial score (nSPS) is 24.0. The van der Waals surface area contributed by atoms with E-state index in [1.165, 1.54) is 0 Å². The first-order valence-corrected chi connectivity index (χ1v) is 25.2. The van der Waals surface area contributed by atoms with E-state index in [0.717, 1.165) is 38.9 Å². The molecule has 11 nitrogen and oxygen atoms in total. The van der Waals surface area contributed by atoms with Gasteiger partial charge >= 0.3 is 0 Å². The van der Waals surface area contributed by atoms with Crippen LogP contribution in [0.3, 0.4) is 0 Å². The van der Waals surface area contributed by atoms with E-state index < -0.39 is 61.4 Å². The van der Waals surface area contributed by atoms with Crippen LogP contribution in [0.25, 0.3) is 0 Å². The van der Waals surface area contributed by atoms with E-state index in [0.29, 0.717) is 13.2 Å². The third kappa shape index (κ3) is 15.3. The number of hydrogen-bond donors (Lipinski definition) is 0. The molecule has 11 heteroatoms. The Balaban J connectivity index is 1.09. The van der Waals surface area contributed by atoms with Gasteiger partial charge in [-0.25, -0.2) is 0 Å². The summed E-state index contributed by atoms with van der Waals surface area (Å²) < 4.78 is 75.8. The van der Waals surface area contributed by atoms with Gasteiger partial charge in [-0.3, -0.25) is 0 Å². The van der Waals surface area contributed by atoms with Gasteiger partial charge in [0.1, 0.15) is 48.8 Å². The molecule has 0 amide bonds. The van der Waals surface area contributed by atoms with E-state index in [9.17, 15) is 0 Å². The predicted octanol–water partition coefficient (Wildman–Crippen LogP) is 10.8. The zero-order valence-corrected chi connectivity index (χ0v) is 41.3. The van der Waals surface area contributed by atoms with Crippen LogP contribution in [-0.2, 0) is 98.4 Å². The van der Waals surface area contributed by atoms with Gasteiger partial charge in [-0.15, -0.1) is 0 Å². The highest BCUT2D eigenvalue weighted by molar-refractivity contribution is 5.19. The lowest BCUT2D eigenvalue weighted by Crippen LogP contribution is -2.66. The minimum Gasteiger partial charge on any atom is -0.374 e. The largest absolute Gasteiger partial charge is 0.374 e. The molecule has 0 aliphatic carbocycles. The summed E-state index contributed by atoms with van der Waals surface area (Å²) in [6.45, 7) is 2.38. The van der Waals surface area contributed by atoms with E-state index in [-0.39, 0.29) is 46.2 Å². The lowest BCUT2D eigenvalue weighted by atomic mass is 9.96. The van der Waals surface area contributed by atoms with Crippen molar-refractivity contribution in [1.82, 2.24) is 0 Å². The van der Waals surface area contributed by atoms with Gasteiger partial charge < -0.3 is 52.1 Å². The molecule has 380 valence electrons. The molecule has 0 N–H and O–H groups in total. The van der Waals surface area contributed by atoms with Gasteiger partial charge in [0.2, 0.25) is 0 Å². The van der Waals surface area contributed by atoms with Gasteiger partial charge in [-0.2, -0.15) is 0 Å². The molecule has 0 saturated carbocycles. The Hall–Kier alpha value is -5.90. The van der Waals surface area contributed by atoms with Crippen molar-refractivity contribution in [2.75, 3.05) is 20.3 Å². The summed E-state index contributed by atoms with van der Waals surface area (Å²) in [4.78, 5) is 0. The summed E-state index contributed by atoms with van der Waals surface area (Å²) in [5.74, 6) is 0. The third-order valence-corrected chi connectivity index (χ3v) is 12.9. The van der Waals surface area contributed by atoms with Crippen molar-refractivity contribution < 1.29 is 52.1 Å². The zero-order valence-electron chi connectivity index (χ0n) is 41.3. The van der Waals surface area contributed by atoms with E-state index in [2.05, 4.69) is 0 Å². The maximum Gasteiger partial charge on any atom is 0.187 e. The number of hydrogen-bond acceptors (Lipinski definition) is 11. The first-order chi connectivity index (χ1) is 36.2. The maximum absolute atomic E-state index is 7.40. The molecule has 2 aliphatic heterocycles. The van der Waals surface area contributed by atoms with Crippen molar-refractivity contribution in [2.24, 2.45) is 0 Å². The second-order valence-electron chi connectivity index (χ2n) is 18.2. The Morgan fingerprint density at radius 2 is 0.548 bits per heavy atom. The first-order valence-electron chi connectivity index (χ1n) is 25.2. The number of benzene rings is 7. The molecule has 2 heterocycles. The van der Waals surface area contributed by atoms with Crippen LogP contribution in [0.15, 0.2) is 212 Å². The predicted molar refractivity (Wildman–Crippen MR) is 276 cm³/mol. The average Bonchev–Trinajstić information content (AvgIpc) is 3.45. The SMILES string of the molecule is CO[C@H]1OC(COCc2ccccc2)[C@@H](OCc2ccccc2)C(OCc2ccccc2)C1O[C@@H]1OC(COCc2ccccc2)[C@@H](OCc2ccccc2)C(OCc2ccccc2)C1OCc1ccccc1. The fraction of sp³-hybridized carbons (Fsp3) is 0.323. The number of ether oxygens (including phenoxy) is 11. The van der Waals surface area contributed by atoms with Gasteiger partial charge in [-0.05, 0) is 38.9 Å². The Kier molecular flexibility index (Phi) is 19.9. The molecule has 9 rings (SSSR count). The Bertz CT molecular complexity index is 2560. The molecule has 6 unspecified atom stereocenters. The molecular formula is C62H66O11. The summed E-state index contributed by atoms with van der Waals surface area (Å²) in [5.41, 5.74) is 6.97. The highest BCUT2D eigenvalue weighted by Crippen LogP contribution is 2.37. The fourth-order valence-electron chi connectivity index (χ4n) is 9.15. The molecule has 0 spiro atoms. The molecule has 73 heavy (non-hydrogen) atoms. The highest BCUT2D eigenvalue weighted by atomic mass is 16.8. The van der Waals surface area contributed by atoms with Crippen LogP contribution in [0.2, 0.25) is 0 Å². The van der Waals surface area contributed by atoms with E-state index >= 15 is 0 Å². The Morgan fingerprint density at radius 3 is 0.863 bits per heavy atom. The summed E-state index contributed by atoms with van der Waals surface area (Å²) >= 11 is 0. The van der Waals surface area contributed by atoms with Crippen molar-refractivity contribution in [3.8, 4) is 0 Å². The molecule has 0 aromatic heterocycles. The molecule has 7 aromatic rings. The van der Waals surface area contributed by atoms with Crippen molar-refractivity contribution in [2.45, 2.75) is 108 Å². The van der Waals surface area contributed by atoms with Crippen LogP contribution in [0.5, 0.6) is 0 Å². The van der Waals surface area contributed by atoms with Crippen molar-refractivity contribution in [1.29, 1.82) is 0 Å². The monoisotopic (exact) mass is 986 g/mol. The Labute approximate surface area is 429 Å². The van der Waals surface area contributed by atoms with Crippen LogP contribution in [-0.4, -0.2) is 81.7 Å². The van der Waals surface area contributed by atoms with E-state index in [4.69, 9.17) is 52.1 Å². The van der Waals surface area contributed by atoms with E-state index in [1.807, 2.05) is 212 Å². The minimum atomic E-state index is -1.10. The lowest BCUT2D eigenvalue weighted by molar-refractivity contribution is -0.381. The van der Waals surface area contributed by atoms with Crippen LogP contribution >= 0.6 is 0 Å². The van der Waals surface area contributed by atoms with Crippen molar-refractivity contribution >= 4 is 0 Å². The second kappa shape index (κ2) is 28.0. The molecule has 2 saturated heterocycles. The molecule has 10 atom stereocenters. The van der Waals surface area contributed by atoms with Crippen molar-refractivity contribution in [3.63, 3.8) is 0 Å². The molecule has 2 aliphatic rings. The van der Waals surface area contributed by atoms with Crippen LogP contribution in [0.1, 0.15) is 38.9 Å². The molecule has 0 bridgehead atoms. The van der Waals surface area contributed by atoms with Gasteiger partial charge in [0.15, 0.2) is 12.6 Å². The number of rotatable bonds is 26. The highest BCUT2D eigenvalue weighted by Gasteiger charge is 2.54. The van der Waals surface area contributed by atoms with Gasteiger partial charge in [-0.1, -0.05) is 212 Å². The van der Waals surface area contributed by atoms with Gasteiger partial charge in [0, 0.05) is 7.11 Å². The molecule has 0 radical (unpaired) electrons. The van der Waals surface area contributed by atoms with E-state index in [1.54, 1.807) is 7.11 Å². The van der Waals surface area contributed by atoms with Crippen LogP contribution < -0.4 is 0 Å². The van der Waals surface area contributed by atoms with Gasteiger partial charge in [0.05, 0.1) is 59.5 Å². The van der Waals surface area contributed by atoms with Crippen LogP contribution in [0, 0.1) is 0 Å². The van der Waals surface area contributed by atoms with Gasteiger partial charge in [0.25, 0.3) is 0 Å². The summed E-state index contributed by atoms with van der Waals surface area (Å²) in [6, 6.07) is 70.4.